The van der Waals surface area contributed by atoms with Gasteiger partial charge in [-0.3, -0.25) is 4.90 Å². The van der Waals surface area contributed by atoms with Crippen molar-refractivity contribution in [2.45, 2.75) is 19.3 Å². The van der Waals surface area contributed by atoms with E-state index in [4.69, 9.17) is 29.3 Å². The average Bonchev–Trinajstić information content (AvgIpc) is 2.48. The zero-order valence-electron chi connectivity index (χ0n) is 12.6. The second kappa shape index (κ2) is 9.14. The molecule has 7 heteroatoms. The first-order valence-electron chi connectivity index (χ1n) is 6.90. The lowest BCUT2D eigenvalue weighted by Crippen LogP contribution is -2.43. The van der Waals surface area contributed by atoms with Gasteiger partial charge in [-0.25, -0.2) is 9.59 Å². The van der Waals surface area contributed by atoms with Gasteiger partial charge in [0.15, 0.2) is 6.29 Å². The Labute approximate surface area is 129 Å². The van der Waals surface area contributed by atoms with Crippen LogP contribution in [0.4, 0.5) is 0 Å². The van der Waals surface area contributed by atoms with Gasteiger partial charge < -0.3 is 19.7 Å². The minimum absolute atomic E-state index is 0.103. The van der Waals surface area contributed by atoms with Crippen LogP contribution in [-0.2, 0) is 19.1 Å². The maximum Gasteiger partial charge on any atom is 0.414 e. The number of likely N-dealkylation sites (N-methyl/N-ethyl adjacent to an activating group) is 1. The van der Waals surface area contributed by atoms with Gasteiger partial charge in [0.1, 0.15) is 0 Å². The summed E-state index contributed by atoms with van der Waals surface area (Å²) >= 11 is 0. The predicted molar refractivity (Wildman–Crippen MR) is 78.5 cm³/mol. The van der Waals surface area contributed by atoms with E-state index < -0.39 is 11.9 Å². The Balaban J connectivity index is 0.000000346. The molecule has 1 saturated heterocycles. The molecule has 0 amide bonds. The van der Waals surface area contributed by atoms with Crippen LogP contribution in [0, 0.1) is 0 Å². The molecule has 1 aromatic carbocycles. The number of rotatable bonds is 3. The Bertz CT molecular complexity index is 466. The van der Waals surface area contributed by atoms with Crippen LogP contribution in [0.2, 0.25) is 0 Å². The monoisotopic (exact) mass is 311 g/mol. The van der Waals surface area contributed by atoms with Gasteiger partial charge in [-0.2, -0.15) is 0 Å². The predicted octanol–water partition coefficient (Wildman–Crippen LogP) is 1.21. The van der Waals surface area contributed by atoms with Crippen molar-refractivity contribution < 1.29 is 29.3 Å². The van der Waals surface area contributed by atoms with Crippen LogP contribution in [0.5, 0.6) is 0 Å². The molecule has 2 unspecified atom stereocenters. The molecule has 7 nitrogen and oxygen atoms in total. The van der Waals surface area contributed by atoms with Crippen molar-refractivity contribution in [3.05, 3.63) is 35.9 Å². The van der Waals surface area contributed by atoms with Crippen molar-refractivity contribution in [3.8, 4) is 0 Å². The smallest absolute Gasteiger partial charge is 0.414 e. The number of hydrogen-bond donors (Lipinski definition) is 2. The molecule has 1 fully saturated rings. The summed E-state index contributed by atoms with van der Waals surface area (Å²) in [4.78, 5) is 20.5. The number of carbonyl (C=O) groups is 2. The van der Waals surface area contributed by atoms with Crippen molar-refractivity contribution in [2.75, 3.05) is 26.7 Å². The van der Waals surface area contributed by atoms with Crippen LogP contribution < -0.4 is 0 Å². The normalized spacial score (nSPS) is 21.5. The summed E-state index contributed by atoms with van der Waals surface area (Å²) in [5, 5.41) is 14.8. The van der Waals surface area contributed by atoms with Gasteiger partial charge in [0.05, 0.1) is 6.10 Å². The van der Waals surface area contributed by atoms with Crippen molar-refractivity contribution in [3.63, 3.8) is 0 Å². The highest BCUT2D eigenvalue weighted by atomic mass is 16.7. The fourth-order valence-corrected chi connectivity index (χ4v) is 2.01. The molecule has 1 aromatic rings. The van der Waals surface area contributed by atoms with E-state index in [0.29, 0.717) is 6.61 Å². The minimum atomic E-state index is -1.82. The average molecular weight is 311 g/mol. The second-order valence-electron chi connectivity index (χ2n) is 4.75. The van der Waals surface area contributed by atoms with Crippen LogP contribution in [0.15, 0.2) is 30.3 Å². The van der Waals surface area contributed by atoms with E-state index in [0.717, 1.165) is 13.1 Å². The highest BCUT2D eigenvalue weighted by Crippen LogP contribution is 2.24. The van der Waals surface area contributed by atoms with Gasteiger partial charge in [0, 0.05) is 19.7 Å². The third kappa shape index (κ3) is 6.21. The van der Waals surface area contributed by atoms with Crippen molar-refractivity contribution in [2.24, 2.45) is 0 Å². The number of morpholine rings is 1. The Morgan fingerprint density at radius 1 is 1.23 bits per heavy atom. The summed E-state index contributed by atoms with van der Waals surface area (Å²) in [6, 6.07) is 10.3. The van der Waals surface area contributed by atoms with Gasteiger partial charge in [-0.05, 0) is 19.5 Å². The number of nitrogens with zero attached hydrogens (tertiary/aromatic N) is 1. The zero-order valence-corrected chi connectivity index (χ0v) is 12.6. The maximum atomic E-state index is 9.10. The van der Waals surface area contributed by atoms with Crippen LogP contribution in [-0.4, -0.2) is 60.1 Å². The lowest BCUT2D eigenvalue weighted by atomic mass is 10.1. The van der Waals surface area contributed by atoms with Crippen LogP contribution in [0.1, 0.15) is 18.6 Å². The quantitative estimate of drug-likeness (QED) is 0.810. The third-order valence-corrected chi connectivity index (χ3v) is 2.96. The standard InChI is InChI=1S/C13H19NO2.C2H2O4/c1-3-15-13-10-14(2)9-12(16-13)11-7-5-4-6-8-11;3-1(4)2(5)6/h4-8,12-13H,3,9-10H2,1-2H3;(H,3,4)(H,5,6). The molecule has 0 aromatic heterocycles. The third-order valence-electron chi connectivity index (χ3n) is 2.96. The lowest BCUT2D eigenvalue weighted by Gasteiger charge is -2.35. The molecule has 2 N–H and O–H groups in total. The summed E-state index contributed by atoms with van der Waals surface area (Å²) in [6.07, 6.45) is 0.0189. The molecule has 0 aliphatic carbocycles. The Morgan fingerprint density at radius 2 is 1.82 bits per heavy atom. The topological polar surface area (TPSA) is 96.3 Å². The van der Waals surface area contributed by atoms with Crippen molar-refractivity contribution in [1.29, 1.82) is 0 Å². The number of benzene rings is 1. The summed E-state index contributed by atoms with van der Waals surface area (Å²) in [5.41, 5.74) is 1.22. The highest BCUT2D eigenvalue weighted by Gasteiger charge is 2.26. The summed E-state index contributed by atoms with van der Waals surface area (Å²) in [5.74, 6) is -3.65. The number of carboxylic acids is 2. The molecule has 1 aliphatic heterocycles. The van der Waals surface area contributed by atoms with E-state index in [1.54, 1.807) is 0 Å². The van der Waals surface area contributed by atoms with Crippen molar-refractivity contribution in [1.82, 2.24) is 4.90 Å². The summed E-state index contributed by atoms with van der Waals surface area (Å²) < 4.78 is 11.5. The van der Waals surface area contributed by atoms with Gasteiger partial charge in [-0.1, -0.05) is 30.3 Å². The van der Waals surface area contributed by atoms with Crippen LogP contribution >= 0.6 is 0 Å². The molecular weight excluding hydrogens is 290 g/mol. The second-order valence-corrected chi connectivity index (χ2v) is 4.75. The SMILES string of the molecule is CCOC1CN(C)CC(c2ccccc2)O1.O=C(O)C(=O)O. The number of aliphatic carboxylic acids is 2. The Morgan fingerprint density at radius 3 is 2.32 bits per heavy atom. The van der Waals surface area contributed by atoms with E-state index in [-0.39, 0.29) is 12.4 Å². The number of carboxylic acid groups (broad SMARTS) is 2. The summed E-state index contributed by atoms with van der Waals surface area (Å²) in [6.45, 7) is 4.46. The van der Waals surface area contributed by atoms with Gasteiger partial charge in [0.2, 0.25) is 0 Å². The fraction of sp³-hybridized carbons (Fsp3) is 0.467. The molecule has 1 heterocycles. The number of ether oxygens (including phenoxy) is 2. The van der Waals surface area contributed by atoms with Gasteiger partial charge in [0.25, 0.3) is 0 Å². The fourth-order valence-electron chi connectivity index (χ4n) is 2.01. The molecule has 1 aliphatic rings. The molecule has 0 spiro atoms. The molecule has 2 atom stereocenters. The molecule has 0 radical (unpaired) electrons. The summed E-state index contributed by atoms with van der Waals surface area (Å²) in [7, 11) is 2.10. The van der Waals surface area contributed by atoms with Crippen LogP contribution in [0.3, 0.4) is 0 Å². The van der Waals surface area contributed by atoms with Gasteiger partial charge >= 0.3 is 11.9 Å². The maximum absolute atomic E-state index is 9.10. The minimum Gasteiger partial charge on any atom is -0.473 e. The van der Waals surface area contributed by atoms with E-state index in [1.807, 2.05) is 25.1 Å². The first kappa shape index (κ1) is 18.1. The van der Waals surface area contributed by atoms with Gasteiger partial charge in [-0.15, -0.1) is 0 Å². The first-order valence-corrected chi connectivity index (χ1v) is 6.90. The van der Waals surface area contributed by atoms with E-state index >= 15 is 0 Å². The zero-order chi connectivity index (χ0) is 16.5. The van der Waals surface area contributed by atoms with Crippen LogP contribution in [0.25, 0.3) is 0 Å². The number of hydrogen-bond acceptors (Lipinski definition) is 5. The Hall–Kier alpha value is -1.96. The molecule has 0 bridgehead atoms. The van der Waals surface area contributed by atoms with E-state index in [9.17, 15) is 0 Å². The molecule has 0 saturated carbocycles. The lowest BCUT2D eigenvalue weighted by molar-refractivity contribution is -0.207. The van der Waals surface area contributed by atoms with Crippen molar-refractivity contribution >= 4 is 11.9 Å². The molecule has 122 valence electrons. The Kier molecular flexibility index (Phi) is 7.51. The van der Waals surface area contributed by atoms with E-state index in [2.05, 4.69) is 24.1 Å². The molecular formula is C15H21NO6. The highest BCUT2D eigenvalue weighted by molar-refractivity contribution is 6.27. The van der Waals surface area contributed by atoms with E-state index in [1.165, 1.54) is 5.56 Å². The largest absolute Gasteiger partial charge is 0.473 e. The first-order chi connectivity index (χ1) is 10.4. The molecule has 2 rings (SSSR count). The molecule has 22 heavy (non-hydrogen) atoms.